The molecule has 0 amide bonds. The van der Waals surface area contributed by atoms with Gasteiger partial charge in [-0.25, -0.2) is 0 Å². The van der Waals surface area contributed by atoms with E-state index in [0.717, 1.165) is 12.1 Å². The Bertz CT molecular complexity index is 761. The predicted octanol–water partition coefficient (Wildman–Crippen LogP) is 4.20. The molecular weight excluding hydrogens is 285 g/mol. The van der Waals surface area contributed by atoms with Crippen LogP contribution in [-0.4, -0.2) is 5.16 Å². The first kappa shape index (κ1) is 13.3. The van der Waals surface area contributed by atoms with Crippen LogP contribution >= 0.6 is 0 Å². The molecule has 2 N–H and O–H groups in total. The molecule has 4 nitrogen and oxygen atoms in total. The minimum absolute atomic E-state index is 0.0688. The zero-order valence-corrected chi connectivity index (χ0v) is 10.5. The van der Waals surface area contributed by atoms with E-state index in [1.807, 2.05) is 0 Å². The van der Waals surface area contributed by atoms with E-state index in [9.17, 15) is 13.2 Å². The predicted molar refractivity (Wildman–Crippen MR) is 69.1 cm³/mol. The van der Waals surface area contributed by atoms with Gasteiger partial charge in [0.15, 0.2) is 11.5 Å². The van der Waals surface area contributed by atoms with E-state index in [2.05, 4.69) is 5.16 Å². The standard InChI is InChI=1S/C14H9F3N2O2/c15-14(16,17)9-4-1-3-8(7-9)11-12(19-21-13(11)18)10-5-2-6-20-10/h1-7H,18H2. The normalized spacial score (nSPS) is 11.8. The van der Waals surface area contributed by atoms with Crippen LogP contribution in [0.1, 0.15) is 5.56 Å². The van der Waals surface area contributed by atoms with Gasteiger partial charge >= 0.3 is 6.18 Å². The molecule has 0 saturated heterocycles. The van der Waals surface area contributed by atoms with Gasteiger partial charge in [0.25, 0.3) is 0 Å². The van der Waals surface area contributed by atoms with Crippen LogP contribution in [0.15, 0.2) is 51.6 Å². The third kappa shape index (κ3) is 2.37. The quantitative estimate of drug-likeness (QED) is 0.769. The molecule has 0 saturated carbocycles. The molecular formula is C14H9F3N2O2. The minimum Gasteiger partial charge on any atom is -0.463 e. The molecule has 1 aromatic carbocycles. The van der Waals surface area contributed by atoms with Gasteiger partial charge in [0.2, 0.25) is 5.88 Å². The first-order valence-electron chi connectivity index (χ1n) is 5.93. The second-order valence-corrected chi connectivity index (χ2v) is 4.33. The highest BCUT2D eigenvalue weighted by atomic mass is 19.4. The molecule has 3 rings (SSSR count). The Balaban J connectivity index is 2.16. The summed E-state index contributed by atoms with van der Waals surface area (Å²) in [6.07, 6.45) is -3.01. The number of hydrogen-bond donors (Lipinski definition) is 1. The molecule has 0 spiro atoms. The highest BCUT2D eigenvalue weighted by Crippen LogP contribution is 2.38. The number of nitrogens with two attached hydrogens (primary N) is 1. The number of aromatic nitrogens is 1. The summed E-state index contributed by atoms with van der Waals surface area (Å²) in [6.45, 7) is 0. The molecule has 0 unspecified atom stereocenters. The van der Waals surface area contributed by atoms with Crippen molar-refractivity contribution in [3.63, 3.8) is 0 Å². The van der Waals surface area contributed by atoms with Crippen LogP contribution in [0, 0.1) is 0 Å². The third-order valence-electron chi connectivity index (χ3n) is 2.95. The Labute approximate surface area is 117 Å². The average molecular weight is 294 g/mol. The van der Waals surface area contributed by atoms with Crippen LogP contribution < -0.4 is 5.73 Å². The Kier molecular flexibility index (Phi) is 2.97. The van der Waals surface area contributed by atoms with Crippen molar-refractivity contribution in [3.05, 3.63) is 48.2 Å². The summed E-state index contributed by atoms with van der Waals surface area (Å²) in [5, 5.41) is 3.75. The lowest BCUT2D eigenvalue weighted by Crippen LogP contribution is -2.04. The molecule has 3 aromatic rings. The van der Waals surface area contributed by atoms with E-state index in [1.54, 1.807) is 12.1 Å². The van der Waals surface area contributed by atoms with E-state index < -0.39 is 11.7 Å². The van der Waals surface area contributed by atoms with Crippen molar-refractivity contribution >= 4 is 5.88 Å². The van der Waals surface area contributed by atoms with Crippen LogP contribution in [0.5, 0.6) is 0 Å². The van der Waals surface area contributed by atoms with Gasteiger partial charge < -0.3 is 14.7 Å². The zero-order valence-electron chi connectivity index (χ0n) is 10.5. The Hall–Kier alpha value is -2.70. The summed E-state index contributed by atoms with van der Waals surface area (Å²) in [5.41, 5.74) is 5.71. The average Bonchev–Trinajstić information content (AvgIpc) is 3.06. The van der Waals surface area contributed by atoms with Crippen molar-refractivity contribution < 1.29 is 22.1 Å². The van der Waals surface area contributed by atoms with E-state index in [4.69, 9.17) is 14.7 Å². The maximum atomic E-state index is 12.8. The fraction of sp³-hybridized carbons (Fsp3) is 0.0714. The topological polar surface area (TPSA) is 65.2 Å². The van der Waals surface area contributed by atoms with Gasteiger partial charge in [-0.2, -0.15) is 13.2 Å². The fourth-order valence-corrected chi connectivity index (χ4v) is 2.01. The maximum Gasteiger partial charge on any atom is 0.416 e. The van der Waals surface area contributed by atoms with Gasteiger partial charge in [0.1, 0.15) is 0 Å². The number of hydrogen-bond acceptors (Lipinski definition) is 4. The molecule has 108 valence electrons. The van der Waals surface area contributed by atoms with Crippen LogP contribution in [-0.2, 0) is 6.18 Å². The van der Waals surface area contributed by atoms with Gasteiger partial charge in [-0.05, 0) is 29.8 Å². The van der Waals surface area contributed by atoms with Crippen molar-refractivity contribution in [1.29, 1.82) is 0 Å². The lowest BCUT2D eigenvalue weighted by molar-refractivity contribution is -0.137. The van der Waals surface area contributed by atoms with Gasteiger partial charge in [0, 0.05) is 0 Å². The highest BCUT2D eigenvalue weighted by molar-refractivity contribution is 5.85. The molecule has 21 heavy (non-hydrogen) atoms. The number of benzene rings is 1. The van der Waals surface area contributed by atoms with Gasteiger partial charge in [-0.1, -0.05) is 17.3 Å². The summed E-state index contributed by atoms with van der Waals surface area (Å²) in [7, 11) is 0. The summed E-state index contributed by atoms with van der Waals surface area (Å²) in [6, 6.07) is 8.04. The first-order valence-corrected chi connectivity index (χ1v) is 5.93. The highest BCUT2D eigenvalue weighted by Gasteiger charge is 2.31. The van der Waals surface area contributed by atoms with E-state index in [1.165, 1.54) is 18.4 Å². The molecule has 0 radical (unpaired) electrons. The van der Waals surface area contributed by atoms with Gasteiger partial charge in [0.05, 0.1) is 17.4 Å². The molecule has 0 fully saturated rings. The molecule has 0 aliphatic carbocycles. The minimum atomic E-state index is -4.44. The third-order valence-corrected chi connectivity index (χ3v) is 2.95. The number of halogens is 3. The van der Waals surface area contributed by atoms with E-state index >= 15 is 0 Å². The summed E-state index contributed by atoms with van der Waals surface area (Å²) in [4.78, 5) is 0. The second-order valence-electron chi connectivity index (χ2n) is 4.33. The number of nitrogens with zero attached hydrogens (tertiary/aromatic N) is 1. The molecule has 2 aromatic heterocycles. The second kappa shape index (κ2) is 4.69. The van der Waals surface area contributed by atoms with Crippen molar-refractivity contribution in [2.75, 3.05) is 5.73 Å². The van der Waals surface area contributed by atoms with Crippen molar-refractivity contribution in [1.82, 2.24) is 5.16 Å². The lowest BCUT2D eigenvalue weighted by Gasteiger charge is -2.08. The summed E-state index contributed by atoms with van der Waals surface area (Å²) in [5.74, 6) is 0.295. The number of nitrogen functional groups attached to an aromatic ring is 1. The van der Waals surface area contributed by atoms with E-state index in [0.29, 0.717) is 5.76 Å². The number of alkyl halides is 3. The smallest absolute Gasteiger partial charge is 0.416 e. The van der Waals surface area contributed by atoms with Gasteiger partial charge in [-0.15, -0.1) is 0 Å². The van der Waals surface area contributed by atoms with Crippen LogP contribution in [0.4, 0.5) is 19.1 Å². The monoisotopic (exact) mass is 294 g/mol. The summed E-state index contributed by atoms with van der Waals surface area (Å²) < 4.78 is 48.5. The van der Waals surface area contributed by atoms with Crippen molar-refractivity contribution in [3.8, 4) is 22.6 Å². The lowest BCUT2D eigenvalue weighted by atomic mass is 10.0. The SMILES string of the molecule is Nc1onc(-c2ccco2)c1-c1cccc(C(F)(F)F)c1. The largest absolute Gasteiger partial charge is 0.463 e. The number of anilines is 1. The van der Waals surface area contributed by atoms with Crippen molar-refractivity contribution in [2.45, 2.75) is 6.18 Å². The first-order chi connectivity index (χ1) is 9.97. The van der Waals surface area contributed by atoms with E-state index in [-0.39, 0.29) is 22.7 Å². The Morgan fingerprint density at radius 1 is 1.10 bits per heavy atom. The molecule has 0 bridgehead atoms. The fourth-order valence-electron chi connectivity index (χ4n) is 2.01. The Morgan fingerprint density at radius 2 is 1.90 bits per heavy atom. The van der Waals surface area contributed by atoms with Crippen molar-refractivity contribution in [2.24, 2.45) is 0 Å². The maximum absolute atomic E-state index is 12.8. The molecule has 2 heterocycles. The molecule has 0 aliphatic rings. The molecule has 7 heteroatoms. The molecule has 0 aliphatic heterocycles. The Morgan fingerprint density at radius 3 is 2.57 bits per heavy atom. The molecule has 0 atom stereocenters. The van der Waals surface area contributed by atoms with Crippen LogP contribution in [0.25, 0.3) is 22.6 Å². The number of furan rings is 1. The van der Waals surface area contributed by atoms with Gasteiger partial charge in [-0.3, -0.25) is 0 Å². The summed E-state index contributed by atoms with van der Waals surface area (Å²) >= 11 is 0. The van der Waals surface area contributed by atoms with Crippen LogP contribution in [0.2, 0.25) is 0 Å². The van der Waals surface area contributed by atoms with Crippen LogP contribution in [0.3, 0.4) is 0 Å². The number of rotatable bonds is 2. The zero-order chi connectivity index (χ0) is 15.0.